The number of aliphatic hydroxyl groups excluding tert-OH is 2. The van der Waals surface area contributed by atoms with Crippen molar-refractivity contribution < 1.29 is 19.4 Å². The molecule has 0 radical (unpaired) electrons. The average molecular weight is 359 g/mol. The van der Waals surface area contributed by atoms with Gasteiger partial charge in [-0.25, -0.2) is 0 Å². The highest BCUT2D eigenvalue weighted by Crippen LogP contribution is 2.36. The molecule has 4 nitrogen and oxygen atoms in total. The summed E-state index contributed by atoms with van der Waals surface area (Å²) in [6.45, 7) is 6.28. The Kier molecular flexibility index (Phi) is 6.29. The molecular formula is C20H26O4Si. The van der Waals surface area contributed by atoms with Crippen molar-refractivity contribution in [3.63, 3.8) is 0 Å². The van der Waals surface area contributed by atoms with E-state index in [4.69, 9.17) is 4.43 Å². The van der Waals surface area contributed by atoms with Crippen LogP contribution in [0, 0.1) is 0 Å². The van der Waals surface area contributed by atoms with Gasteiger partial charge in [0.15, 0.2) is 6.29 Å². The predicted octanol–water partition coefficient (Wildman–Crippen LogP) is 1.48. The molecule has 2 N–H and O–H groups in total. The van der Waals surface area contributed by atoms with Crippen LogP contribution in [0.15, 0.2) is 60.7 Å². The van der Waals surface area contributed by atoms with Crippen molar-refractivity contribution in [2.75, 3.05) is 6.61 Å². The summed E-state index contributed by atoms with van der Waals surface area (Å²) in [5.74, 6) is 0. The highest BCUT2D eigenvalue weighted by atomic mass is 28.4. The first-order chi connectivity index (χ1) is 11.8. The van der Waals surface area contributed by atoms with Crippen molar-refractivity contribution >= 4 is 25.0 Å². The van der Waals surface area contributed by atoms with Crippen LogP contribution in [0.25, 0.3) is 0 Å². The maximum Gasteiger partial charge on any atom is 0.261 e. The summed E-state index contributed by atoms with van der Waals surface area (Å²) in [7, 11) is -2.76. The molecule has 0 aliphatic rings. The maximum atomic E-state index is 10.8. The van der Waals surface area contributed by atoms with Crippen molar-refractivity contribution in [2.24, 2.45) is 0 Å². The second-order valence-corrected chi connectivity index (χ2v) is 11.5. The lowest BCUT2D eigenvalue weighted by molar-refractivity contribution is -0.121. The third-order valence-corrected chi connectivity index (χ3v) is 9.43. The highest BCUT2D eigenvalue weighted by Gasteiger charge is 2.50. The summed E-state index contributed by atoms with van der Waals surface area (Å²) >= 11 is 0. The Bertz CT molecular complexity index is 628. The molecule has 0 aliphatic heterocycles. The zero-order valence-electron chi connectivity index (χ0n) is 14.9. The molecule has 0 fully saturated rings. The molecule has 5 heteroatoms. The Morgan fingerprint density at radius 2 is 1.40 bits per heavy atom. The van der Waals surface area contributed by atoms with Crippen molar-refractivity contribution in [2.45, 2.75) is 38.0 Å². The first-order valence-electron chi connectivity index (χ1n) is 8.39. The molecule has 0 heterocycles. The first kappa shape index (κ1) is 19.5. The molecular weight excluding hydrogens is 332 g/mol. The van der Waals surface area contributed by atoms with Gasteiger partial charge in [-0.1, -0.05) is 81.4 Å². The van der Waals surface area contributed by atoms with Gasteiger partial charge in [-0.2, -0.15) is 0 Å². The fraction of sp³-hybridized carbons (Fsp3) is 0.350. The minimum atomic E-state index is -2.76. The minimum Gasteiger partial charge on any atom is -0.405 e. The van der Waals surface area contributed by atoms with E-state index in [-0.39, 0.29) is 11.6 Å². The maximum absolute atomic E-state index is 10.8. The molecule has 0 spiro atoms. The van der Waals surface area contributed by atoms with E-state index in [1.165, 1.54) is 0 Å². The molecule has 0 unspecified atom stereocenters. The Labute approximate surface area is 150 Å². The Balaban J connectivity index is 2.55. The van der Waals surface area contributed by atoms with Gasteiger partial charge in [0.05, 0.1) is 6.61 Å². The summed E-state index contributed by atoms with van der Waals surface area (Å²) in [4.78, 5) is 10.8. The molecule has 2 atom stereocenters. The summed E-state index contributed by atoms with van der Waals surface area (Å²) in [5.41, 5.74) is 0. The standard InChI is InChI=1S/C20H26O4Si/c1-20(2,3)25(16-10-6-4-7-11-16,17-12-8-5-9-13-17)24-15-19(23)18(22)14-21/h4-14,18-19,22-23H,15H2,1-3H3/t18-,19-/m1/s1. The van der Waals surface area contributed by atoms with Gasteiger partial charge in [0, 0.05) is 0 Å². The van der Waals surface area contributed by atoms with E-state index in [1.54, 1.807) is 0 Å². The zero-order chi connectivity index (χ0) is 18.5. The molecule has 0 aromatic heterocycles. The van der Waals surface area contributed by atoms with E-state index in [0.717, 1.165) is 10.4 Å². The number of aldehydes is 1. The van der Waals surface area contributed by atoms with Crippen molar-refractivity contribution in [3.05, 3.63) is 60.7 Å². The Morgan fingerprint density at radius 1 is 0.960 bits per heavy atom. The molecule has 2 rings (SSSR count). The number of aliphatic hydroxyl groups is 2. The number of hydrogen-bond acceptors (Lipinski definition) is 4. The van der Waals surface area contributed by atoms with E-state index in [9.17, 15) is 15.0 Å². The van der Waals surface area contributed by atoms with Gasteiger partial charge in [0.1, 0.15) is 12.2 Å². The first-order valence-corrected chi connectivity index (χ1v) is 10.3. The van der Waals surface area contributed by atoms with Gasteiger partial charge >= 0.3 is 0 Å². The lowest BCUT2D eigenvalue weighted by atomic mass is 10.2. The van der Waals surface area contributed by atoms with E-state index in [2.05, 4.69) is 20.8 Å². The van der Waals surface area contributed by atoms with Crippen LogP contribution in [0.5, 0.6) is 0 Å². The zero-order valence-corrected chi connectivity index (χ0v) is 15.9. The molecule has 0 saturated carbocycles. The second kappa shape index (κ2) is 8.06. The van der Waals surface area contributed by atoms with Gasteiger partial charge in [-0.15, -0.1) is 0 Å². The third-order valence-electron chi connectivity index (χ3n) is 4.42. The Hall–Kier alpha value is -1.79. The number of hydrogen-bond donors (Lipinski definition) is 2. The lowest BCUT2D eigenvalue weighted by Crippen LogP contribution is -2.67. The van der Waals surface area contributed by atoms with E-state index < -0.39 is 20.5 Å². The van der Waals surface area contributed by atoms with Gasteiger partial charge in [0.2, 0.25) is 0 Å². The third kappa shape index (κ3) is 4.07. The summed E-state index contributed by atoms with van der Waals surface area (Å²) in [5, 5.41) is 21.6. The van der Waals surface area contributed by atoms with Gasteiger partial charge < -0.3 is 19.4 Å². The highest BCUT2D eigenvalue weighted by molar-refractivity contribution is 6.99. The smallest absolute Gasteiger partial charge is 0.261 e. The van der Waals surface area contributed by atoms with Crippen LogP contribution in [0.3, 0.4) is 0 Å². The Morgan fingerprint density at radius 3 is 1.76 bits per heavy atom. The van der Waals surface area contributed by atoms with Crippen LogP contribution in [0.2, 0.25) is 5.04 Å². The lowest BCUT2D eigenvalue weighted by Gasteiger charge is -2.43. The molecule has 0 saturated heterocycles. The molecule has 0 amide bonds. The van der Waals surface area contributed by atoms with Crippen LogP contribution >= 0.6 is 0 Å². The molecule has 25 heavy (non-hydrogen) atoms. The molecule has 2 aromatic rings. The predicted molar refractivity (Wildman–Crippen MR) is 102 cm³/mol. The summed E-state index contributed by atoms with van der Waals surface area (Å²) < 4.78 is 6.42. The summed E-state index contributed by atoms with van der Waals surface area (Å²) in [6.07, 6.45) is -2.36. The van der Waals surface area contributed by atoms with Crippen LogP contribution in [-0.2, 0) is 9.22 Å². The molecule has 0 aliphatic carbocycles. The number of carbonyl (C=O) groups excluding carboxylic acids is 1. The average Bonchev–Trinajstić information content (AvgIpc) is 2.62. The normalized spacial score (nSPS) is 14.8. The van der Waals surface area contributed by atoms with Crippen LogP contribution < -0.4 is 10.4 Å². The van der Waals surface area contributed by atoms with Gasteiger partial charge in [0.25, 0.3) is 8.32 Å². The van der Waals surface area contributed by atoms with E-state index >= 15 is 0 Å². The number of carbonyl (C=O) groups is 1. The number of rotatable bonds is 7. The van der Waals surface area contributed by atoms with Gasteiger partial charge in [-0.05, 0) is 15.4 Å². The quantitative estimate of drug-likeness (QED) is 0.581. The molecule has 2 aromatic carbocycles. The van der Waals surface area contributed by atoms with Gasteiger partial charge in [-0.3, -0.25) is 0 Å². The second-order valence-electron chi connectivity index (χ2n) is 7.17. The van der Waals surface area contributed by atoms with E-state index in [1.807, 2.05) is 60.7 Å². The van der Waals surface area contributed by atoms with Crippen molar-refractivity contribution in [1.29, 1.82) is 0 Å². The largest absolute Gasteiger partial charge is 0.405 e. The number of benzene rings is 2. The van der Waals surface area contributed by atoms with Crippen molar-refractivity contribution in [1.82, 2.24) is 0 Å². The monoisotopic (exact) mass is 358 g/mol. The fourth-order valence-electron chi connectivity index (χ4n) is 3.16. The van der Waals surface area contributed by atoms with E-state index in [0.29, 0.717) is 6.29 Å². The van der Waals surface area contributed by atoms with Crippen LogP contribution in [0.4, 0.5) is 0 Å². The van der Waals surface area contributed by atoms with Crippen LogP contribution in [-0.4, -0.2) is 43.6 Å². The molecule has 134 valence electrons. The topological polar surface area (TPSA) is 66.8 Å². The fourth-order valence-corrected chi connectivity index (χ4v) is 7.74. The SMILES string of the molecule is CC(C)(C)[Si](OC[C@@H](O)[C@H](O)C=O)(c1ccccc1)c1ccccc1. The molecule has 0 bridgehead atoms. The minimum absolute atomic E-state index is 0.104. The van der Waals surface area contributed by atoms with Crippen LogP contribution in [0.1, 0.15) is 20.8 Å². The summed E-state index contributed by atoms with van der Waals surface area (Å²) in [6, 6.07) is 20.0. The van der Waals surface area contributed by atoms with Crippen molar-refractivity contribution in [3.8, 4) is 0 Å².